The predicted octanol–water partition coefficient (Wildman–Crippen LogP) is 14.3. The molecule has 0 N–H and O–H groups in total. The number of aromatic nitrogens is 3. The Bertz CT molecular complexity index is 3590. The molecule has 13 rings (SSSR count). The molecule has 0 bridgehead atoms. The summed E-state index contributed by atoms with van der Waals surface area (Å²) in [5.41, 5.74) is 10.0. The van der Waals surface area contributed by atoms with Crippen molar-refractivity contribution in [1.29, 1.82) is 0 Å². The maximum Gasteiger partial charge on any atom is 0.165 e. The molecule has 3 nitrogen and oxygen atoms in total. The van der Waals surface area contributed by atoms with Crippen LogP contribution in [0.15, 0.2) is 210 Å². The van der Waals surface area contributed by atoms with E-state index in [-0.39, 0.29) is 0 Å². The van der Waals surface area contributed by atoms with E-state index in [1.807, 2.05) is 30.0 Å². The van der Waals surface area contributed by atoms with Crippen molar-refractivity contribution in [2.75, 3.05) is 0 Å². The molecular weight excluding hydrogens is 747 g/mol. The van der Waals surface area contributed by atoms with Gasteiger partial charge in [0, 0.05) is 26.5 Å². The number of nitrogens with zero attached hydrogens (tertiary/aromatic N) is 3. The van der Waals surface area contributed by atoms with Gasteiger partial charge in [-0.1, -0.05) is 194 Å². The van der Waals surface area contributed by atoms with Crippen molar-refractivity contribution < 1.29 is 0 Å². The van der Waals surface area contributed by atoms with Gasteiger partial charge in [0.05, 0.1) is 5.41 Å². The van der Waals surface area contributed by atoms with Gasteiger partial charge in [-0.25, -0.2) is 15.0 Å². The maximum atomic E-state index is 5.39. The van der Waals surface area contributed by atoms with Crippen molar-refractivity contribution in [3.63, 3.8) is 0 Å². The van der Waals surface area contributed by atoms with Crippen molar-refractivity contribution in [1.82, 2.24) is 15.0 Å². The summed E-state index contributed by atoms with van der Waals surface area (Å²) in [6.07, 6.45) is 0. The summed E-state index contributed by atoms with van der Waals surface area (Å²) >= 11 is 1.83. The fourth-order valence-corrected chi connectivity index (χ4v) is 11.5. The van der Waals surface area contributed by atoms with Gasteiger partial charge in [-0.15, -0.1) is 0 Å². The van der Waals surface area contributed by atoms with Gasteiger partial charge in [0.25, 0.3) is 0 Å². The third-order valence-corrected chi connectivity index (χ3v) is 14.0. The number of benzene rings is 10. The molecule has 0 saturated heterocycles. The van der Waals surface area contributed by atoms with Gasteiger partial charge < -0.3 is 0 Å². The summed E-state index contributed by atoms with van der Waals surface area (Å²) in [6.45, 7) is 0. The van der Waals surface area contributed by atoms with Crippen molar-refractivity contribution in [2.24, 2.45) is 0 Å². The lowest BCUT2D eigenvalue weighted by atomic mass is 9.66. The SMILES string of the molecule is c1ccc(-c2nc(-c3cccc4c3Sc3ccccc3C43c4ccccc4-c4cc5c6ccccc6c6ccccc6c5cc43)nc(-c3cccc4ccccc34)n2)cc1. The van der Waals surface area contributed by atoms with Crippen LogP contribution in [0.1, 0.15) is 22.3 Å². The molecule has 10 aromatic carbocycles. The van der Waals surface area contributed by atoms with Crippen molar-refractivity contribution in [2.45, 2.75) is 15.2 Å². The minimum atomic E-state index is -0.589. The van der Waals surface area contributed by atoms with Gasteiger partial charge in [0.1, 0.15) is 0 Å². The first-order valence-corrected chi connectivity index (χ1v) is 21.3. The average Bonchev–Trinajstić information content (AvgIpc) is 3.60. The van der Waals surface area contributed by atoms with Crippen LogP contribution in [0.2, 0.25) is 0 Å². The molecule has 1 aliphatic carbocycles. The lowest BCUT2D eigenvalue weighted by Gasteiger charge is -2.40. The van der Waals surface area contributed by atoms with Gasteiger partial charge in [-0.05, 0) is 94.7 Å². The van der Waals surface area contributed by atoms with E-state index in [4.69, 9.17) is 15.0 Å². The summed E-state index contributed by atoms with van der Waals surface area (Å²) < 4.78 is 0. The van der Waals surface area contributed by atoms with Crippen molar-refractivity contribution in [3.05, 3.63) is 222 Å². The van der Waals surface area contributed by atoms with Gasteiger partial charge in [0.2, 0.25) is 0 Å². The molecule has 0 fully saturated rings. The van der Waals surface area contributed by atoms with E-state index in [0.29, 0.717) is 17.5 Å². The van der Waals surface area contributed by atoms with Crippen molar-refractivity contribution in [3.8, 4) is 45.3 Å². The highest BCUT2D eigenvalue weighted by Gasteiger charge is 2.51. The molecule has 278 valence electrons. The quantitative estimate of drug-likeness (QED) is 0.167. The first kappa shape index (κ1) is 33.6. The third-order valence-electron chi connectivity index (χ3n) is 12.8. The zero-order valence-electron chi connectivity index (χ0n) is 32.3. The molecule has 2 aliphatic rings. The van der Waals surface area contributed by atoms with E-state index >= 15 is 0 Å². The predicted molar refractivity (Wildman–Crippen MR) is 248 cm³/mol. The highest BCUT2D eigenvalue weighted by atomic mass is 32.2. The molecule has 1 atom stereocenters. The summed E-state index contributed by atoms with van der Waals surface area (Å²) in [6, 6.07) is 72.7. The second-order valence-electron chi connectivity index (χ2n) is 15.8. The second kappa shape index (κ2) is 12.8. The Hall–Kier alpha value is -7.40. The highest BCUT2D eigenvalue weighted by molar-refractivity contribution is 7.99. The number of fused-ring (bicyclic) bond motifs is 16. The van der Waals surface area contributed by atoms with Crippen LogP contribution in [-0.4, -0.2) is 15.0 Å². The standard InChI is InChI=1S/C56H33N3S/c1-2-17-35(18-3-1)53-57-54(42-26-14-19-34-16-4-5-20-36(34)42)59-55(58-53)43-27-15-30-49-52(43)60-51-31-13-12-29-48(51)56(49)47-28-11-10-25-41(47)46-32-44-39-23-8-6-21-37(39)38-22-7-9-24-40(38)45(44)33-50(46)56/h1-33H. The zero-order chi connectivity index (χ0) is 39.4. The molecule has 1 unspecified atom stereocenters. The largest absolute Gasteiger partial charge is 0.208 e. The van der Waals surface area contributed by atoms with Crippen molar-refractivity contribution >= 4 is 54.9 Å². The lowest BCUT2D eigenvalue weighted by Crippen LogP contribution is -2.32. The first-order chi connectivity index (χ1) is 29.8. The summed E-state index contributed by atoms with van der Waals surface area (Å²) in [7, 11) is 0. The molecule has 11 aromatic rings. The Morgan fingerprint density at radius 3 is 1.62 bits per heavy atom. The van der Waals surface area contributed by atoms with E-state index in [9.17, 15) is 0 Å². The highest BCUT2D eigenvalue weighted by Crippen LogP contribution is 2.64. The van der Waals surface area contributed by atoms with E-state index in [0.717, 1.165) is 32.4 Å². The zero-order valence-corrected chi connectivity index (χ0v) is 33.1. The number of hydrogen-bond donors (Lipinski definition) is 0. The molecule has 2 heterocycles. The molecule has 1 aliphatic heterocycles. The normalized spacial score (nSPS) is 15.0. The van der Waals surface area contributed by atoms with Crippen LogP contribution in [0.3, 0.4) is 0 Å². The van der Waals surface area contributed by atoms with Crippen LogP contribution < -0.4 is 0 Å². The molecule has 1 spiro atoms. The Kier molecular flexibility index (Phi) is 7.16. The fraction of sp³-hybridized carbons (Fsp3) is 0.0179. The number of rotatable bonds is 3. The molecule has 4 heteroatoms. The van der Waals surface area contributed by atoms with Crippen LogP contribution in [0.4, 0.5) is 0 Å². The Morgan fingerprint density at radius 2 is 0.833 bits per heavy atom. The minimum Gasteiger partial charge on any atom is -0.208 e. The molecule has 0 saturated carbocycles. The van der Waals surface area contributed by atoms with E-state index in [1.165, 1.54) is 70.6 Å². The molecule has 0 amide bonds. The van der Waals surface area contributed by atoms with E-state index in [1.54, 1.807) is 0 Å². The monoisotopic (exact) mass is 779 g/mol. The smallest absolute Gasteiger partial charge is 0.165 e. The molecular formula is C56H33N3S. The Labute approximate surface area is 351 Å². The summed E-state index contributed by atoms with van der Waals surface area (Å²) in [4.78, 5) is 18.3. The van der Waals surface area contributed by atoms with Crippen LogP contribution in [0.25, 0.3) is 88.4 Å². The second-order valence-corrected chi connectivity index (χ2v) is 16.9. The van der Waals surface area contributed by atoms with Gasteiger partial charge in [0.15, 0.2) is 17.5 Å². The number of hydrogen-bond acceptors (Lipinski definition) is 4. The molecule has 1 aromatic heterocycles. The first-order valence-electron chi connectivity index (χ1n) is 20.4. The topological polar surface area (TPSA) is 38.7 Å². The van der Waals surface area contributed by atoms with E-state index in [2.05, 4.69) is 182 Å². The van der Waals surface area contributed by atoms with Gasteiger partial charge in [-0.2, -0.15) is 0 Å². The molecule has 0 radical (unpaired) electrons. The summed E-state index contributed by atoms with van der Waals surface area (Å²) in [5.74, 6) is 1.97. The van der Waals surface area contributed by atoms with Gasteiger partial charge in [-0.3, -0.25) is 0 Å². The summed E-state index contributed by atoms with van der Waals surface area (Å²) in [5, 5.41) is 9.92. The Morgan fingerprint density at radius 1 is 0.317 bits per heavy atom. The maximum absolute atomic E-state index is 5.39. The fourth-order valence-electron chi connectivity index (χ4n) is 10.2. The van der Waals surface area contributed by atoms with Crippen LogP contribution in [-0.2, 0) is 5.41 Å². The van der Waals surface area contributed by atoms with Gasteiger partial charge >= 0.3 is 0 Å². The minimum absolute atomic E-state index is 0.589. The van der Waals surface area contributed by atoms with Crippen LogP contribution in [0, 0.1) is 0 Å². The lowest BCUT2D eigenvalue weighted by molar-refractivity contribution is 0.723. The average molecular weight is 780 g/mol. The molecule has 60 heavy (non-hydrogen) atoms. The third kappa shape index (κ3) is 4.65. The van der Waals surface area contributed by atoms with Crippen LogP contribution >= 0.6 is 11.8 Å². The van der Waals surface area contributed by atoms with Crippen LogP contribution in [0.5, 0.6) is 0 Å². The Balaban J connectivity index is 1.13. The van der Waals surface area contributed by atoms with E-state index < -0.39 is 5.41 Å².